The monoisotopic (exact) mass is 348 g/mol. The molecule has 0 fully saturated rings. The third kappa shape index (κ3) is 5.26. The third-order valence-corrected chi connectivity index (χ3v) is 4.72. The first-order chi connectivity index (χ1) is 11.3. The predicted molar refractivity (Wildman–Crippen MR) is 95.6 cm³/mol. The van der Waals surface area contributed by atoms with Crippen LogP contribution in [0.3, 0.4) is 0 Å². The molecule has 24 heavy (non-hydrogen) atoms. The Labute approximate surface area is 145 Å². The number of H-pyrrole nitrogens is 1. The summed E-state index contributed by atoms with van der Waals surface area (Å²) < 4.78 is 0. The summed E-state index contributed by atoms with van der Waals surface area (Å²) in [5, 5.41) is 3.91. The molecule has 2 aromatic rings. The topological polar surface area (TPSA) is 87.7 Å². The van der Waals surface area contributed by atoms with Crippen LogP contribution < -0.4 is 11.0 Å². The maximum atomic E-state index is 12.2. The lowest BCUT2D eigenvalue weighted by molar-refractivity contribution is 0.0947. The number of nitrogens with one attached hydrogen (secondary N) is 2. The second kappa shape index (κ2) is 8.19. The van der Waals surface area contributed by atoms with Gasteiger partial charge in [-0.15, -0.1) is 11.3 Å². The van der Waals surface area contributed by atoms with E-state index in [0.29, 0.717) is 18.9 Å². The zero-order valence-corrected chi connectivity index (χ0v) is 15.4. The quantitative estimate of drug-likeness (QED) is 0.752. The number of aromatic nitrogens is 3. The fraction of sp³-hybridized carbons (Fsp3) is 0.529. The Balaban J connectivity index is 1.88. The molecular formula is C17H24N4O2S. The minimum Gasteiger partial charge on any atom is -0.351 e. The van der Waals surface area contributed by atoms with Crippen LogP contribution >= 0.6 is 11.3 Å². The molecule has 0 radical (unpaired) electrons. The van der Waals surface area contributed by atoms with Crippen LogP contribution in [0.4, 0.5) is 0 Å². The minimum absolute atomic E-state index is 0.176. The number of thiazole rings is 1. The minimum atomic E-state index is -0.480. The van der Waals surface area contributed by atoms with Crippen molar-refractivity contribution < 1.29 is 4.79 Å². The molecule has 0 aliphatic carbocycles. The number of aryl methyl sites for hydroxylation is 3. The summed E-state index contributed by atoms with van der Waals surface area (Å²) in [6.45, 7) is 8.71. The van der Waals surface area contributed by atoms with Crippen LogP contribution in [0.15, 0.2) is 10.9 Å². The van der Waals surface area contributed by atoms with Crippen molar-refractivity contribution in [3.05, 3.63) is 43.5 Å². The predicted octanol–water partition coefficient (Wildman–Crippen LogP) is 2.40. The Kier molecular flexibility index (Phi) is 6.25. The number of aromatic amines is 1. The smallest absolute Gasteiger partial charge is 0.345 e. The first-order valence-electron chi connectivity index (χ1n) is 8.16. The number of hydrogen-bond donors (Lipinski definition) is 2. The Morgan fingerprint density at radius 3 is 2.71 bits per heavy atom. The van der Waals surface area contributed by atoms with Crippen molar-refractivity contribution in [3.63, 3.8) is 0 Å². The molecule has 2 heterocycles. The van der Waals surface area contributed by atoms with Crippen molar-refractivity contribution in [2.45, 2.75) is 47.0 Å². The van der Waals surface area contributed by atoms with Crippen molar-refractivity contribution in [2.24, 2.45) is 5.92 Å². The van der Waals surface area contributed by atoms with Gasteiger partial charge in [-0.3, -0.25) is 4.79 Å². The van der Waals surface area contributed by atoms with E-state index in [2.05, 4.69) is 41.0 Å². The van der Waals surface area contributed by atoms with Crippen molar-refractivity contribution in [1.82, 2.24) is 20.3 Å². The number of rotatable bonds is 7. The van der Waals surface area contributed by atoms with Gasteiger partial charge in [-0.05, 0) is 38.7 Å². The molecule has 0 bridgehead atoms. The molecule has 2 rings (SSSR count). The third-order valence-electron chi connectivity index (χ3n) is 3.59. The van der Waals surface area contributed by atoms with Gasteiger partial charge >= 0.3 is 5.69 Å². The van der Waals surface area contributed by atoms with Gasteiger partial charge in [-0.2, -0.15) is 4.98 Å². The molecule has 130 valence electrons. The molecule has 0 saturated heterocycles. The van der Waals surface area contributed by atoms with Gasteiger partial charge in [-0.25, -0.2) is 9.78 Å². The number of carbonyl (C=O) groups excluding carboxylic acids is 1. The molecule has 2 N–H and O–H groups in total. The van der Waals surface area contributed by atoms with E-state index in [0.717, 1.165) is 29.2 Å². The van der Waals surface area contributed by atoms with Gasteiger partial charge in [0, 0.05) is 23.5 Å². The molecule has 7 heteroatoms. The van der Waals surface area contributed by atoms with Crippen LogP contribution in [-0.2, 0) is 12.8 Å². The summed E-state index contributed by atoms with van der Waals surface area (Å²) in [6, 6.07) is 1.66. The summed E-state index contributed by atoms with van der Waals surface area (Å²) in [4.78, 5) is 35.9. The summed E-state index contributed by atoms with van der Waals surface area (Å²) in [7, 11) is 0. The summed E-state index contributed by atoms with van der Waals surface area (Å²) in [6.07, 6.45) is 2.35. The van der Waals surface area contributed by atoms with E-state index in [1.165, 1.54) is 4.88 Å². The van der Waals surface area contributed by atoms with Crippen molar-refractivity contribution in [3.8, 4) is 0 Å². The molecule has 0 unspecified atom stereocenters. The van der Waals surface area contributed by atoms with Gasteiger partial charge < -0.3 is 10.3 Å². The van der Waals surface area contributed by atoms with Crippen molar-refractivity contribution >= 4 is 17.2 Å². The van der Waals surface area contributed by atoms with E-state index in [4.69, 9.17) is 0 Å². The molecule has 0 aliphatic heterocycles. The summed E-state index contributed by atoms with van der Waals surface area (Å²) in [5.74, 6) is 0.0850. The average molecular weight is 348 g/mol. The molecule has 0 aromatic carbocycles. The van der Waals surface area contributed by atoms with E-state index >= 15 is 0 Å². The fourth-order valence-corrected chi connectivity index (χ4v) is 3.33. The second-order valence-electron chi connectivity index (χ2n) is 6.30. The standard InChI is InChI=1S/C17H24N4O2S/c1-10(2)8-13-9-14(21-17(23)20-13)16(22)18-7-5-6-15-19-11(3)12(4)24-15/h9-10H,5-8H2,1-4H3,(H,18,22)(H,20,21,23). The van der Waals surface area contributed by atoms with Crippen LogP contribution in [0, 0.1) is 19.8 Å². The summed E-state index contributed by atoms with van der Waals surface area (Å²) >= 11 is 1.70. The molecule has 1 amide bonds. The van der Waals surface area contributed by atoms with Crippen LogP contribution in [-0.4, -0.2) is 27.4 Å². The molecular weight excluding hydrogens is 324 g/mol. The Bertz CT molecular complexity index is 745. The number of nitrogens with zero attached hydrogens (tertiary/aromatic N) is 2. The number of carbonyl (C=O) groups is 1. The molecule has 0 atom stereocenters. The maximum Gasteiger partial charge on any atom is 0.345 e. The van der Waals surface area contributed by atoms with Gasteiger partial charge in [0.05, 0.1) is 10.7 Å². The molecule has 0 aliphatic rings. The second-order valence-corrected chi connectivity index (χ2v) is 7.59. The lowest BCUT2D eigenvalue weighted by Gasteiger charge is -2.07. The van der Waals surface area contributed by atoms with E-state index in [9.17, 15) is 9.59 Å². The first kappa shape index (κ1) is 18.3. The molecule has 0 spiro atoms. The zero-order chi connectivity index (χ0) is 17.7. The fourth-order valence-electron chi connectivity index (χ4n) is 2.35. The first-order valence-corrected chi connectivity index (χ1v) is 8.98. The lowest BCUT2D eigenvalue weighted by Crippen LogP contribution is -2.29. The van der Waals surface area contributed by atoms with Crippen molar-refractivity contribution in [2.75, 3.05) is 6.54 Å². The van der Waals surface area contributed by atoms with Crippen LogP contribution in [0.25, 0.3) is 0 Å². The van der Waals surface area contributed by atoms with Crippen LogP contribution in [0.5, 0.6) is 0 Å². The largest absolute Gasteiger partial charge is 0.351 e. The number of hydrogen-bond acceptors (Lipinski definition) is 5. The average Bonchev–Trinajstić information content (AvgIpc) is 2.80. The van der Waals surface area contributed by atoms with Crippen LogP contribution in [0.1, 0.15) is 52.0 Å². The number of amides is 1. The Morgan fingerprint density at radius 1 is 1.33 bits per heavy atom. The van der Waals surface area contributed by atoms with Gasteiger partial charge in [0.25, 0.3) is 5.91 Å². The molecule has 0 saturated carbocycles. The van der Waals surface area contributed by atoms with Gasteiger partial charge in [0.2, 0.25) is 0 Å². The van der Waals surface area contributed by atoms with Crippen molar-refractivity contribution in [1.29, 1.82) is 0 Å². The highest BCUT2D eigenvalue weighted by molar-refractivity contribution is 7.11. The van der Waals surface area contributed by atoms with E-state index in [-0.39, 0.29) is 11.6 Å². The highest BCUT2D eigenvalue weighted by Gasteiger charge is 2.11. The highest BCUT2D eigenvalue weighted by atomic mass is 32.1. The van der Waals surface area contributed by atoms with E-state index in [1.54, 1.807) is 17.4 Å². The molecule has 2 aromatic heterocycles. The van der Waals surface area contributed by atoms with Crippen LogP contribution in [0.2, 0.25) is 0 Å². The normalized spacial score (nSPS) is 11.0. The summed E-state index contributed by atoms with van der Waals surface area (Å²) in [5.41, 5.74) is 1.51. The van der Waals surface area contributed by atoms with E-state index < -0.39 is 5.69 Å². The Hall–Kier alpha value is -2.02. The van der Waals surface area contributed by atoms with Gasteiger partial charge in [0.15, 0.2) is 0 Å². The van der Waals surface area contributed by atoms with Gasteiger partial charge in [-0.1, -0.05) is 13.8 Å². The Morgan fingerprint density at radius 2 is 2.08 bits per heavy atom. The molecule has 6 nitrogen and oxygen atoms in total. The van der Waals surface area contributed by atoms with Gasteiger partial charge in [0.1, 0.15) is 5.69 Å². The maximum absolute atomic E-state index is 12.2. The SMILES string of the molecule is Cc1nc(CCCNC(=O)c2cc(CC(C)C)[nH]c(=O)n2)sc1C. The zero-order valence-electron chi connectivity index (χ0n) is 14.6. The lowest BCUT2D eigenvalue weighted by atomic mass is 10.1. The highest BCUT2D eigenvalue weighted by Crippen LogP contribution is 2.17. The van der Waals surface area contributed by atoms with E-state index in [1.807, 2.05) is 6.92 Å².